The quantitative estimate of drug-likeness (QED) is 0.167. The van der Waals surface area contributed by atoms with E-state index < -0.39 is 0 Å². The number of aryl methyl sites for hydroxylation is 18. The summed E-state index contributed by atoms with van der Waals surface area (Å²) >= 11 is 0. The zero-order chi connectivity index (χ0) is 72.5. The predicted octanol–water partition coefficient (Wildman–Crippen LogP) is 19.4. The third kappa shape index (κ3) is 9.58. The lowest BCUT2D eigenvalue weighted by Crippen LogP contribution is -2.66. The number of benzene rings is 13. The van der Waals surface area contributed by atoms with E-state index in [9.17, 15) is 0 Å². The van der Waals surface area contributed by atoms with E-state index in [0.29, 0.717) is 0 Å². The van der Waals surface area contributed by atoms with Crippen molar-refractivity contribution in [1.29, 1.82) is 0 Å². The smallest absolute Gasteiger partial charge is 0.256 e. The summed E-state index contributed by atoms with van der Waals surface area (Å²) in [6.07, 6.45) is 0. The van der Waals surface area contributed by atoms with Crippen LogP contribution in [0.15, 0.2) is 182 Å². The van der Waals surface area contributed by atoms with Gasteiger partial charge in [-0.15, -0.1) is 0 Å². The average Bonchev–Trinajstić information content (AvgIpc) is 0.682. The van der Waals surface area contributed by atoms with E-state index in [1.807, 2.05) is 0 Å². The standard InChI is InChI=1S/C96H85B3N4O2/c1-49-27-55(7)88(56(8)28-49)67-39-77-91-86(43-67)104-84-25-21-19-23-70(84)97(91)72-45-73-78(47-76(72)100-77)101(94-61(13)33-52(4)34-62(94)14)81-40-68(89-57(9)29-50(2)30-58(89)10)41-82-92(81)99(73)75-46-74-79(48-80(75)102(82)95-63(15)35-53(5)36-64(95)16)103(96-65(17)37-54(6)38-66(96)18)83-42-69(90-59(11)31-51(3)32-60(90)12)44-87-93(83)98(74)71-24-20-22-26-85(71)105-87/h19-48,100H,1-18H3. The summed E-state index contributed by atoms with van der Waals surface area (Å²) in [6.45, 7) is 40.4. The Hall–Kier alpha value is -11.1. The fraction of sp³-hybridized carbons (Fsp3) is 0.188. The molecule has 0 aromatic heterocycles. The van der Waals surface area contributed by atoms with Crippen LogP contribution in [0.2, 0.25) is 0 Å². The van der Waals surface area contributed by atoms with Gasteiger partial charge in [-0.25, -0.2) is 0 Å². The zero-order valence-electron chi connectivity index (χ0n) is 63.7. The topological polar surface area (TPSA) is 40.2 Å². The summed E-state index contributed by atoms with van der Waals surface area (Å²) in [4.78, 5) is 8.08. The summed E-state index contributed by atoms with van der Waals surface area (Å²) in [5.41, 5.74) is 53.3. The van der Waals surface area contributed by atoms with E-state index in [2.05, 4.69) is 327 Å². The number of ether oxygens (including phenoxy) is 2. The van der Waals surface area contributed by atoms with Crippen molar-refractivity contribution in [3.05, 3.63) is 282 Å². The molecule has 0 amide bonds. The fourth-order valence-electron chi connectivity index (χ4n) is 20.9. The third-order valence-electron chi connectivity index (χ3n) is 24.0. The van der Waals surface area contributed by atoms with Crippen molar-refractivity contribution < 1.29 is 9.47 Å². The fourth-order valence-corrected chi connectivity index (χ4v) is 20.9. The molecule has 13 aromatic carbocycles. The van der Waals surface area contributed by atoms with Gasteiger partial charge in [0.2, 0.25) is 0 Å². The molecule has 6 heterocycles. The molecular weight excluding hydrogens is 1270 g/mol. The zero-order valence-corrected chi connectivity index (χ0v) is 63.7. The highest BCUT2D eigenvalue weighted by atomic mass is 16.5. The lowest BCUT2D eigenvalue weighted by atomic mass is 9.29. The van der Waals surface area contributed by atoms with Crippen molar-refractivity contribution in [2.24, 2.45) is 0 Å². The highest BCUT2D eigenvalue weighted by molar-refractivity contribution is 7.04. The summed E-state index contributed by atoms with van der Waals surface area (Å²) in [6, 6.07) is 71.3. The minimum atomic E-state index is -0.276. The summed E-state index contributed by atoms with van der Waals surface area (Å²) < 4.78 is 14.6. The molecule has 13 aromatic rings. The number of fused-ring (bicyclic) bond motifs is 12. The van der Waals surface area contributed by atoms with Gasteiger partial charge in [-0.05, 0) is 335 Å². The van der Waals surface area contributed by atoms with Crippen molar-refractivity contribution in [2.75, 3.05) is 20.0 Å². The molecule has 1 N–H and O–H groups in total. The molecule has 9 heteroatoms. The number of hydrogen-bond donors (Lipinski definition) is 1. The van der Waals surface area contributed by atoms with E-state index in [1.165, 1.54) is 189 Å². The first-order valence-corrected chi connectivity index (χ1v) is 37.5. The van der Waals surface area contributed by atoms with E-state index in [0.717, 1.165) is 79.2 Å². The van der Waals surface area contributed by atoms with Crippen LogP contribution in [0.4, 0.5) is 62.6 Å². The van der Waals surface area contributed by atoms with Crippen LogP contribution in [0.25, 0.3) is 33.4 Å². The molecule has 0 atom stereocenters. The first-order chi connectivity index (χ1) is 50.4. The van der Waals surface area contributed by atoms with Gasteiger partial charge in [0, 0.05) is 45.5 Å². The number of nitrogens with one attached hydrogen (secondary N) is 1. The Morgan fingerprint density at radius 3 is 0.943 bits per heavy atom. The molecule has 0 bridgehead atoms. The Bertz CT molecular complexity index is 5980. The lowest BCUT2D eigenvalue weighted by Gasteiger charge is -2.48. The molecule has 6 nitrogen and oxygen atoms in total. The maximum absolute atomic E-state index is 7.43. The molecule has 0 radical (unpaired) electrons. The number of para-hydroxylation sites is 2. The van der Waals surface area contributed by atoms with Crippen molar-refractivity contribution >= 4 is 132 Å². The largest absolute Gasteiger partial charge is 0.458 e. The molecule has 19 rings (SSSR count). The van der Waals surface area contributed by atoms with Crippen LogP contribution in [-0.2, 0) is 0 Å². The molecule has 0 unspecified atom stereocenters. The SMILES string of the molecule is Cc1cc(C)c(-c2cc3c4c(c2)Oc2ccccc2B4c2cc4c(cc2N3)N(c2c(C)cc(C)cc2C)c2cc(-c3c(C)cc(C)cc3C)cc3c2B4c2cc4c(cc2N3c2c(C)cc(C)cc2C)N(c2c(C)cc(C)cc2C)c2cc(-c3c(C)cc(C)cc3C)cc3c2B4c2ccccc2O3)c(C)c1. The van der Waals surface area contributed by atoms with Crippen molar-refractivity contribution in [1.82, 2.24) is 0 Å². The Morgan fingerprint density at radius 2 is 0.543 bits per heavy atom. The van der Waals surface area contributed by atoms with Crippen molar-refractivity contribution in [3.8, 4) is 56.4 Å². The van der Waals surface area contributed by atoms with Gasteiger partial charge < -0.3 is 29.5 Å². The minimum Gasteiger partial charge on any atom is -0.458 e. The number of anilines is 11. The second-order valence-corrected chi connectivity index (χ2v) is 32.0. The molecule has 0 fully saturated rings. The van der Waals surface area contributed by atoms with Gasteiger partial charge in [-0.1, -0.05) is 155 Å². The molecule has 6 aliphatic rings. The van der Waals surface area contributed by atoms with E-state index in [1.54, 1.807) is 0 Å². The second-order valence-electron chi connectivity index (χ2n) is 32.0. The number of rotatable bonds is 6. The van der Waals surface area contributed by atoms with Gasteiger partial charge in [0.1, 0.15) is 23.0 Å². The maximum Gasteiger partial charge on any atom is 0.256 e. The minimum absolute atomic E-state index is 0.149. The van der Waals surface area contributed by atoms with Crippen LogP contribution < -0.4 is 78.7 Å². The van der Waals surface area contributed by atoms with Crippen LogP contribution in [0.1, 0.15) is 100 Å². The molecule has 0 saturated heterocycles. The molecular formula is C96H85B3N4O2. The van der Waals surface area contributed by atoms with Gasteiger partial charge in [0.05, 0.1) is 17.1 Å². The van der Waals surface area contributed by atoms with Crippen LogP contribution in [-0.4, -0.2) is 20.1 Å². The average molecular weight is 1360 g/mol. The Morgan fingerprint density at radius 1 is 0.238 bits per heavy atom. The molecule has 0 aliphatic carbocycles. The van der Waals surface area contributed by atoms with Crippen molar-refractivity contribution in [3.63, 3.8) is 0 Å². The summed E-state index contributed by atoms with van der Waals surface area (Å²) in [5, 5.41) is 4.24. The van der Waals surface area contributed by atoms with Gasteiger partial charge in [-0.3, -0.25) is 0 Å². The second kappa shape index (κ2) is 23.2. The molecule has 510 valence electrons. The Labute approximate surface area is 620 Å². The summed E-state index contributed by atoms with van der Waals surface area (Å²) in [7, 11) is 0. The van der Waals surface area contributed by atoms with Crippen LogP contribution in [0.5, 0.6) is 23.0 Å². The van der Waals surface area contributed by atoms with E-state index >= 15 is 0 Å². The Kier molecular flexibility index (Phi) is 14.3. The first kappa shape index (κ1) is 64.7. The Balaban J connectivity index is 0.973. The van der Waals surface area contributed by atoms with Crippen molar-refractivity contribution in [2.45, 2.75) is 125 Å². The lowest BCUT2D eigenvalue weighted by molar-refractivity contribution is 0.487. The van der Waals surface area contributed by atoms with Gasteiger partial charge in [0.25, 0.3) is 20.1 Å². The van der Waals surface area contributed by atoms with Crippen LogP contribution >= 0.6 is 0 Å². The summed E-state index contributed by atoms with van der Waals surface area (Å²) in [5.74, 6) is 3.56. The van der Waals surface area contributed by atoms with Gasteiger partial charge in [0.15, 0.2) is 0 Å². The highest BCUT2D eigenvalue weighted by Crippen LogP contribution is 2.54. The number of hydrogen-bond acceptors (Lipinski definition) is 6. The molecule has 0 spiro atoms. The molecule has 105 heavy (non-hydrogen) atoms. The van der Waals surface area contributed by atoms with Gasteiger partial charge in [-0.2, -0.15) is 0 Å². The highest BCUT2D eigenvalue weighted by Gasteiger charge is 2.51. The normalized spacial score (nSPS) is 13.5. The first-order valence-electron chi connectivity index (χ1n) is 37.5. The predicted molar refractivity (Wildman–Crippen MR) is 449 cm³/mol. The van der Waals surface area contributed by atoms with Gasteiger partial charge >= 0.3 is 0 Å². The molecule has 0 saturated carbocycles. The van der Waals surface area contributed by atoms with Crippen LogP contribution in [0.3, 0.4) is 0 Å². The monoisotopic (exact) mass is 1360 g/mol. The third-order valence-corrected chi connectivity index (χ3v) is 24.0. The molecule has 6 aliphatic heterocycles. The van der Waals surface area contributed by atoms with E-state index in [-0.39, 0.29) is 20.1 Å². The maximum atomic E-state index is 7.43. The van der Waals surface area contributed by atoms with E-state index in [4.69, 9.17) is 9.47 Å². The number of nitrogens with zero attached hydrogens (tertiary/aromatic N) is 3. The van der Waals surface area contributed by atoms with Crippen LogP contribution in [0, 0.1) is 125 Å².